The van der Waals surface area contributed by atoms with Crippen LogP contribution in [0, 0.1) is 23.5 Å². The van der Waals surface area contributed by atoms with Crippen LogP contribution in [0.2, 0.25) is 0 Å². The predicted octanol–water partition coefficient (Wildman–Crippen LogP) is 1.58. The third-order valence-corrected chi connectivity index (χ3v) is 5.85. The molecule has 2 aliphatic heterocycles. The number of amides is 3. The molecular weight excluding hydrogens is 424 g/mol. The van der Waals surface area contributed by atoms with Crippen molar-refractivity contribution in [2.75, 3.05) is 44.7 Å². The Morgan fingerprint density at radius 3 is 2.31 bits per heavy atom. The second kappa shape index (κ2) is 10.1. The van der Waals surface area contributed by atoms with E-state index in [0.29, 0.717) is 38.6 Å². The zero-order chi connectivity index (χ0) is 23.4. The number of hydrogen-bond acceptors (Lipinski definition) is 5. The lowest BCUT2D eigenvalue weighted by atomic mass is 9.97. The maximum absolute atomic E-state index is 13.5. The summed E-state index contributed by atoms with van der Waals surface area (Å²) in [4.78, 5) is 53.6. The molecule has 0 saturated carbocycles. The molecule has 174 valence electrons. The Labute approximate surface area is 185 Å². The molecule has 0 bridgehead atoms. The standard InChI is InChI=1S/C22H27F2N3O5/c1-3-32-22(31)14-4-6-26(7-5-14)20(29)13-25(2)21(30)15-8-19(28)27(12-15)18-10-16(23)9-17(24)11-18/h9-11,14-15H,3-8,12-13H2,1-2H3. The van der Waals surface area contributed by atoms with E-state index in [1.165, 1.54) is 16.8 Å². The Bertz CT molecular complexity index is 881. The van der Waals surface area contributed by atoms with Gasteiger partial charge < -0.3 is 19.4 Å². The molecule has 3 amide bonds. The Morgan fingerprint density at radius 2 is 1.72 bits per heavy atom. The molecule has 2 fully saturated rings. The fourth-order valence-corrected chi connectivity index (χ4v) is 4.13. The van der Waals surface area contributed by atoms with Gasteiger partial charge in [0.25, 0.3) is 0 Å². The van der Waals surface area contributed by atoms with E-state index in [1.54, 1.807) is 11.8 Å². The Kier molecular flexibility index (Phi) is 7.42. The number of benzene rings is 1. The number of anilines is 1. The van der Waals surface area contributed by atoms with E-state index in [1.807, 2.05) is 0 Å². The average Bonchev–Trinajstić information content (AvgIpc) is 3.14. The lowest BCUT2D eigenvalue weighted by Gasteiger charge is -2.32. The third kappa shape index (κ3) is 5.41. The first kappa shape index (κ1) is 23.6. The van der Waals surface area contributed by atoms with Gasteiger partial charge in [-0.05, 0) is 31.9 Å². The van der Waals surface area contributed by atoms with Gasteiger partial charge in [-0.15, -0.1) is 0 Å². The van der Waals surface area contributed by atoms with Gasteiger partial charge >= 0.3 is 5.97 Å². The second-order valence-corrected chi connectivity index (χ2v) is 8.13. The number of likely N-dealkylation sites (tertiary alicyclic amines) is 1. The number of nitrogens with zero attached hydrogens (tertiary/aromatic N) is 3. The largest absolute Gasteiger partial charge is 0.466 e. The topological polar surface area (TPSA) is 87.2 Å². The monoisotopic (exact) mass is 451 g/mol. The van der Waals surface area contributed by atoms with Crippen molar-refractivity contribution >= 4 is 29.4 Å². The van der Waals surface area contributed by atoms with Gasteiger partial charge in [0, 0.05) is 44.9 Å². The number of likely N-dealkylation sites (N-methyl/N-ethyl adjacent to an activating group) is 1. The zero-order valence-corrected chi connectivity index (χ0v) is 18.2. The number of esters is 1. The van der Waals surface area contributed by atoms with Crippen molar-refractivity contribution in [1.29, 1.82) is 0 Å². The van der Waals surface area contributed by atoms with Gasteiger partial charge in [0.05, 0.1) is 25.0 Å². The summed E-state index contributed by atoms with van der Waals surface area (Å²) < 4.78 is 32.0. The van der Waals surface area contributed by atoms with Gasteiger partial charge in [0.1, 0.15) is 11.6 Å². The summed E-state index contributed by atoms with van der Waals surface area (Å²) in [7, 11) is 1.49. The lowest BCUT2D eigenvalue weighted by Crippen LogP contribution is -2.46. The number of ether oxygens (including phenoxy) is 1. The minimum absolute atomic E-state index is 0.00990. The number of carbonyl (C=O) groups is 4. The predicted molar refractivity (Wildman–Crippen MR) is 110 cm³/mol. The summed E-state index contributed by atoms with van der Waals surface area (Å²) in [6, 6.07) is 2.80. The van der Waals surface area contributed by atoms with E-state index in [0.717, 1.165) is 12.1 Å². The van der Waals surface area contributed by atoms with Crippen molar-refractivity contribution in [3.63, 3.8) is 0 Å². The van der Waals surface area contributed by atoms with Crippen LogP contribution in [0.15, 0.2) is 18.2 Å². The van der Waals surface area contributed by atoms with E-state index in [9.17, 15) is 28.0 Å². The van der Waals surface area contributed by atoms with Gasteiger partial charge in [-0.3, -0.25) is 19.2 Å². The molecule has 1 unspecified atom stereocenters. The smallest absolute Gasteiger partial charge is 0.309 e. The van der Waals surface area contributed by atoms with E-state index >= 15 is 0 Å². The van der Waals surface area contributed by atoms with Gasteiger partial charge in [0.15, 0.2) is 0 Å². The highest BCUT2D eigenvalue weighted by molar-refractivity contribution is 6.00. The SMILES string of the molecule is CCOC(=O)C1CCN(C(=O)CN(C)C(=O)C2CC(=O)N(c3cc(F)cc(F)c3)C2)CC1. The van der Waals surface area contributed by atoms with E-state index in [2.05, 4.69) is 0 Å². The highest BCUT2D eigenvalue weighted by atomic mass is 19.1. The summed E-state index contributed by atoms with van der Waals surface area (Å²) in [6.07, 6.45) is 0.928. The molecule has 32 heavy (non-hydrogen) atoms. The Balaban J connectivity index is 1.53. The van der Waals surface area contributed by atoms with Gasteiger partial charge in [-0.1, -0.05) is 0 Å². The normalized spacial score (nSPS) is 19.2. The van der Waals surface area contributed by atoms with Crippen LogP contribution >= 0.6 is 0 Å². The number of carbonyl (C=O) groups excluding carboxylic acids is 4. The first-order valence-corrected chi connectivity index (χ1v) is 10.7. The summed E-state index contributed by atoms with van der Waals surface area (Å²) in [5.74, 6) is -3.82. The molecule has 8 nitrogen and oxygen atoms in total. The molecule has 1 aromatic rings. The molecule has 3 rings (SSSR count). The van der Waals surface area contributed by atoms with Crippen molar-refractivity contribution in [2.24, 2.45) is 11.8 Å². The molecule has 2 saturated heterocycles. The van der Waals surface area contributed by atoms with Crippen LogP contribution in [-0.4, -0.2) is 73.3 Å². The van der Waals surface area contributed by atoms with Crippen LogP contribution in [0.5, 0.6) is 0 Å². The average molecular weight is 451 g/mol. The molecule has 0 spiro atoms. The van der Waals surface area contributed by atoms with Crippen molar-refractivity contribution in [2.45, 2.75) is 26.2 Å². The highest BCUT2D eigenvalue weighted by Crippen LogP contribution is 2.27. The summed E-state index contributed by atoms with van der Waals surface area (Å²) in [6.45, 7) is 2.72. The van der Waals surface area contributed by atoms with Crippen LogP contribution in [0.25, 0.3) is 0 Å². The van der Waals surface area contributed by atoms with Crippen molar-refractivity contribution < 1.29 is 32.7 Å². The minimum Gasteiger partial charge on any atom is -0.466 e. The van der Waals surface area contributed by atoms with Crippen LogP contribution in [0.3, 0.4) is 0 Å². The number of halogens is 2. The molecule has 0 aromatic heterocycles. The Morgan fingerprint density at radius 1 is 1.09 bits per heavy atom. The fourth-order valence-electron chi connectivity index (χ4n) is 4.13. The first-order chi connectivity index (χ1) is 15.2. The second-order valence-electron chi connectivity index (χ2n) is 8.13. The highest BCUT2D eigenvalue weighted by Gasteiger charge is 2.37. The molecule has 0 aliphatic carbocycles. The van der Waals surface area contributed by atoms with Crippen LogP contribution in [-0.2, 0) is 23.9 Å². The van der Waals surface area contributed by atoms with E-state index < -0.39 is 23.5 Å². The maximum atomic E-state index is 13.5. The zero-order valence-electron chi connectivity index (χ0n) is 18.2. The molecule has 1 atom stereocenters. The minimum atomic E-state index is -0.808. The van der Waals surface area contributed by atoms with Gasteiger partial charge in [-0.2, -0.15) is 0 Å². The van der Waals surface area contributed by atoms with Crippen LogP contribution in [0.4, 0.5) is 14.5 Å². The Hall–Kier alpha value is -3.04. The quantitative estimate of drug-likeness (QED) is 0.613. The van der Waals surface area contributed by atoms with Crippen molar-refractivity contribution in [3.05, 3.63) is 29.8 Å². The summed E-state index contributed by atoms with van der Waals surface area (Å²) >= 11 is 0. The number of hydrogen-bond donors (Lipinski definition) is 0. The van der Waals surface area contributed by atoms with E-state index in [4.69, 9.17) is 4.74 Å². The third-order valence-electron chi connectivity index (χ3n) is 5.85. The molecule has 2 aliphatic rings. The van der Waals surface area contributed by atoms with Crippen molar-refractivity contribution in [3.8, 4) is 0 Å². The van der Waals surface area contributed by atoms with Gasteiger partial charge in [-0.25, -0.2) is 8.78 Å². The fraction of sp³-hybridized carbons (Fsp3) is 0.545. The molecule has 0 radical (unpaired) electrons. The molecule has 2 heterocycles. The summed E-state index contributed by atoms with van der Waals surface area (Å²) in [5, 5.41) is 0. The molecule has 1 aromatic carbocycles. The number of rotatable bonds is 6. The lowest BCUT2D eigenvalue weighted by molar-refractivity contribution is -0.151. The molecule has 10 heteroatoms. The maximum Gasteiger partial charge on any atom is 0.309 e. The molecular formula is C22H27F2N3O5. The number of piperidine rings is 1. The van der Waals surface area contributed by atoms with E-state index in [-0.39, 0.29) is 48.9 Å². The van der Waals surface area contributed by atoms with Crippen LogP contribution in [0.1, 0.15) is 26.2 Å². The molecule has 0 N–H and O–H groups in total. The first-order valence-electron chi connectivity index (χ1n) is 10.7. The van der Waals surface area contributed by atoms with Crippen molar-refractivity contribution in [1.82, 2.24) is 9.80 Å². The van der Waals surface area contributed by atoms with Gasteiger partial charge in [0.2, 0.25) is 17.7 Å². The summed E-state index contributed by atoms with van der Waals surface area (Å²) in [5.41, 5.74) is 0.0611. The van der Waals surface area contributed by atoms with Crippen LogP contribution < -0.4 is 4.90 Å².